The maximum Gasteiger partial charge on any atom is 0.335 e. The third-order valence-electron chi connectivity index (χ3n) is 8.21. The summed E-state index contributed by atoms with van der Waals surface area (Å²) in [6, 6.07) is 10.7. The number of carbonyl (C=O) groups excluding carboxylic acids is 3. The number of anilines is 2. The lowest BCUT2D eigenvalue weighted by Gasteiger charge is -2.19. The SMILES string of the molecule is CCOC(=O)[C@H](Cc1ccc(-n2c(=O)c(C)c(C)n(C)c2=O)cc1)NC(=O)c1cc(F)c(NS(=O)(=O)c2ccc(NC(=O)C(C)(C)C)cc2)cc1F. The van der Waals surface area contributed by atoms with Crippen molar-refractivity contribution in [3.63, 3.8) is 0 Å². The van der Waals surface area contributed by atoms with Crippen molar-refractivity contribution in [3.8, 4) is 5.69 Å². The van der Waals surface area contributed by atoms with Gasteiger partial charge < -0.3 is 19.9 Å². The number of carbonyl (C=O) groups is 3. The van der Waals surface area contributed by atoms with Crippen molar-refractivity contribution in [3.05, 3.63) is 116 Å². The Bertz CT molecular complexity index is 2220. The first-order valence-corrected chi connectivity index (χ1v) is 17.5. The zero-order valence-electron chi connectivity index (χ0n) is 29.6. The van der Waals surface area contributed by atoms with Crippen LogP contribution in [0.1, 0.15) is 54.9 Å². The lowest BCUT2D eigenvalue weighted by Crippen LogP contribution is -2.43. The third kappa shape index (κ3) is 8.62. The fourth-order valence-corrected chi connectivity index (χ4v) is 5.97. The molecule has 0 aliphatic carbocycles. The predicted octanol–water partition coefficient (Wildman–Crippen LogP) is 4.12. The summed E-state index contributed by atoms with van der Waals surface area (Å²) >= 11 is 0. The summed E-state index contributed by atoms with van der Waals surface area (Å²) < 4.78 is 65.7. The van der Waals surface area contributed by atoms with Crippen LogP contribution >= 0.6 is 0 Å². The molecule has 1 heterocycles. The van der Waals surface area contributed by atoms with Crippen LogP contribution < -0.4 is 26.6 Å². The zero-order valence-corrected chi connectivity index (χ0v) is 30.4. The van der Waals surface area contributed by atoms with Crippen molar-refractivity contribution < 1.29 is 36.3 Å². The number of benzene rings is 3. The van der Waals surface area contributed by atoms with Crippen molar-refractivity contribution in [2.75, 3.05) is 16.6 Å². The predicted molar refractivity (Wildman–Crippen MR) is 190 cm³/mol. The molecule has 0 spiro atoms. The minimum atomic E-state index is -4.43. The second-order valence-electron chi connectivity index (χ2n) is 13.0. The Morgan fingerprint density at radius 2 is 1.54 bits per heavy atom. The van der Waals surface area contributed by atoms with Crippen LogP contribution in [0.3, 0.4) is 0 Å². The van der Waals surface area contributed by atoms with Gasteiger partial charge in [0.25, 0.3) is 21.5 Å². The lowest BCUT2D eigenvalue weighted by molar-refractivity contribution is -0.145. The van der Waals surface area contributed by atoms with Gasteiger partial charge >= 0.3 is 11.7 Å². The van der Waals surface area contributed by atoms with Crippen LogP contribution in [0.2, 0.25) is 0 Å². The Kier molecular flexibility index (Phi) is 11.5. The molecule has 3 N–H and O–H groups in total. The molecule has 0 aliphatic rings. The average molecular weight is 740 g/mol. The molecule has 3 aromatic carbocycles. The molecule has 0 unspecified atom stereocenters. The smallest absolute Gasteiger partial charge is 0.335 e. The number of hydrogen-bond donors (Lipinski definition) is 3. The minimum absolute atomic E-state index is 0.0464. The fraction of sp³-hybridized carbons (Fsp3) is 0.306. The van der Waals surface area contributed by atoms with E-state index in [1.54, 1.807) is 48.6 Å². The van der Waals surface area contributed by atoms with Crippen LogP contribution in [0.4, 0.5) is 20.2 Å². The van der Waals surface area contributed by atoms with Gasteiger partial charge in [-0.05, 0) is 68.8 Å². The molecular formula is C36H39F2N5O8S. The van der Waals surface area contributed by atoms with Crippen molar-refractivity contribution in [1.82, 2.24) is 14.5 Å². The summed E-state index contributed by atoms with van der Waals surface area (Å²) in [7, 11) is -2.89. The largest absolute Gasteiger partial charge is 0.464 e. The standard InChI is InChI=1S/C36H39F2N5O8S/c1-8-51-33(46)30(17-22-9-13-24(14-10-22)43-32(45)20(2)21(3)42(7)35(43)48)40-31(44)26-18-28(38)29(19-27(26)37)41-52(49,50)25-15-11-23(12-16-25)39-34(47)36(4,5)6/h9-16,18-19,30,41H,8,17H2,1-7H3,(H,39,47)(H,40,44)/t30-/m0/s1. The maximum atomic E-state index is 15.2. The van der Waals surface area contributed by atoms with E-state index < -0.39 is 67.5 Å². The number of esters is 1. The van der Waals surface area contributed by atoms with E-state index in [0.717, 1.165) is 4.57 Å². The molecule has 1 aromatic heterocycles. The van der Waals surface area contributed by atoms with Gasteiger partial charge in [-0.3, -0.25) is 19.1 Å². The molecule has 13 nitrogen and oxygen atoms in total. The van der Waals surface area contributed by atoms with E-state index in [1.807, 2.05) is 4.72 Å². The van der Waals surface area contributed by atoms with E-state index in [-0.39, 0.29) is 29.5 Å². The summed E-state index contributed by atoms with van der Waals surface area (Å²) in [5.74, 6) is -4.91. The van der Waals surface area contributed by atoms with Gasteiger partial charge in [0.05, 0.1) is 28.4 Å². The van der Waals surface area contributed by atoms with Gasteiger partial charge in [-0.1, -0.05) is 32.9 Å². The van der Waals surface area contributed by atoms with Gasteiger partial charge in [0.2, 0.25) is 5.91 Å². The van der Waals surface area contributed by atoms with Crippen LogP contribution in [0.15, 0.2) is 75.1 Å². The highest BCUT2D eigenvalue weighted by molar-refractivity contribution is 7.92. The zero-order chi connectivity index (χ0) is 38.7. The minimum Gasteiger partial charge on any atom is -0.464 e. The van der Waals surface area contributed by atoms with Crippen LogP contribution in [0.5, 0.6) is 0 Å². The average Bonchev–Trinajstić information content (AvgIpc) is 3.08. The number of nitrogens with one attached hydrogen (secondary N) is 3. The molecule has 52 heavy (non-hydrogen) atoms. The molecule has 276 valence electrons. The molecule has 16 heteroatoms. The molecule has 2 amide bonds. The van der Waals surface area contributed by atoms with E-state index in [1.165, 1.54) is 53.1 Å². The van der Waals surface area contributed by atoms with Crippen LogP contribution in [0.25, 0.3) is 5.69 Å². The van der Waals surface area contributed by atoms with Crippen LogP contribution in [-0.2, 0) is 37.8 Å². The normalized spacial score (nSPS) is 12.2. The molecule has 0 saturated heterocycles. The maximum absolute atomic E-state index is 15.2. The summed E-state index contributed by atoms with van der Waals surface area (Å²) in [5.41, 5.74) is -1.36. The molecule has 0 bridgehead atoms. The Hall–Kier alpha value is -5.64. The molecule has 0 radical (unpaired) electrons. The first-order chi connectivity index (χ1) is 24.2. The first kappa shape index (κ1) is 39.2. The van der Waals surface area contributed by atoms with E-state index in [0.29, 0.717) is 34.6 Å². The number of amides is 2. The number of sulfonamides is 1. The lowest BCUT2D eigenvalue weighted by atomic mass is 9.95. The van der Waals surface area contributed by atoms with Gasteiger partial charge in [0.1, 0.15) is 17.7 Å². The molecular weight excluding hydrogens is 700 g/mol. The molecule has 0 fully saturated rings. The number of halogens is 2. The second kappa shape index (κ2) is 15.3. The molecule has 4 aromatic rings. The quantitative estimate of drug-likeness (QED) is 0.193. The molecule has 0 saturated carbocycles. The van der Waals surface area contributed by atoms with Gasteiger partial charge in [-0.15, -0.1) is 0 Å². The number of aromatic nitrogens is 2. The van der Waals surface area contributed by atoms with E-state index >= 15 is 8.78 Å². The van der Waals surface area contributed by atoms with Crippen LogP contribution in [-0.4, -0.2) is 48.0 Å². The van der Waals surface area contributed by atoms with Gasteiger partial charge in [-0.2, -0.15) is 0 Å². The Balaban J connectivity index is 1.52. The van der Waals surface area contributed by atoms with Gasteiger partial charge in [0.15, 0.2) is 0 Å². The molecule has 4 rings (SSSR count). The van der Waals surface area contributed by atoms with E-state index in [4.69, 9.17) is 4.74 Å². The van der Waals surface area contributed by atoms with Crippen molar-refractivity contribution >= 4 is 39.2 Å². The summed E-state index contributed by atoms with van der Waals surface area (Å²) in [5, 5.41) is 4.99. The first-order valence-electron chi connectivity index (χ1n) is 16.0. The summed E-state index contributed by atoms with van der Waals surface area (Å²) in [6.07, 6.45) is -0.161. The van der Waals surface area contributed by atoms with E-state index in [2.05, 4.69) is 10.6 Å². The highest BCUT2D eigenvalue weighted by Crippen LogP contribution is 2.25. The number of hydrogen-bond acceptors (Lipinski definition) is 8. The Labute approximate surface area is 298 Å². The fourth-order valence-electron chi connectivity index (χ4n) is 4.91. The second-order valence-corrected chi connectivity index (χ2v) is 14.7. The van der Waals surface area contributed by atoms with Crippen molar-refractivity contribution in [2.24, 2.45) is 12.5 Å². The monoisotopic (exact) mass is 739 g/mol. The van der Waals surface area contributed by atoms with Crippen LogP contribution in [0, 0.1) is 30.9 Å². The topological polar surface area (TPSA) is 175 Å². The highest BCUT2D eigenvalue weighted by Gasteiger charge is 2.27. The summed E-state index contributed by atoms with van der Waals surface area (Å²) in [6.45, 7) is 9.88. The number of nitrogens with zero attached hydrogens (tertiary/aromatic N) is 2. The molecule has 1 atom stereocenters. The molecule has 0 aliphatic heterocycles. The Morgan fingerprint density at radius 3 is 2.12 bits per heavy atom. The number of ether oxygens (including phenoxy) is 1. The van der Waals surface area contributed by atoms with Crippen molar-refractivity contribution in [2.45, 2.75) is 58.9 Å². The van der Waals surface area contributed by atoms with Crippen molar-refractivity contribution in [1.29, 1.82) is 0 Å². The third-order valence-corrected chi connectivity index (χ3v) is 9.59. The Morgan fingerprint density at radius 1 is 0.923 bits per heavy atom. The van der Waals surface area contributed by atoms with E-state index in [9.17, 15) is 32.4 Å². The van der Waals surface area contributed by atoms with Gasteiger partial charge in [0, 0.05) is 41.9 Å². The van der Waals surface area contributed by atoms with Gasteiger partial charge in [-0.25, -0.2) is 31.4 Å². The number of rotatable bonds is 11. The highest BCUT2D eigenvalue weighted by atomic mass is 32.2. The summed E-state index contributed by atoms with van der Waals surface area (Å²) in [4.78, 5) is 63.6.